The van der Waals surface area contributed by atoms with Crippen molar-refractivity contribution in [3.63, 3.8) is 0 Å². The summed E-state index contributed by atoms with van der Waals surface area (Å²) in [5.41, 5.74) is 7.54. The Bertz CT molecular complexity index is 2010. The fraction of sp³-hybridized carbons (Fsp3) is 0.769. The number of phenols is 1. The minimum absolute atomic E-state index is 0.0185. The van der Waals surface area contributed by atoms with Crippen LogP contribution >= 0.6 is 21.6 Å². The van der Waals surface area contributed by atoms with Gasteiger partial charge in [-0.2, -0.15) is 0 Å². The van der Waals surface area contributed by atoms with Gasteiger partial charge in [-0.15, -0.1) is 0 Å². The van der Waals surface area contributed by atoms with Crippen LogP contribution in [-0.2, 0) is 22.6 Å². The van der Waals surface area contributed by atoms with Crippen molar-refractivity contribution < 1.29 is 34.7 Å². The van der Waals surface area contributed by atoms with Crippen LogP contribution in [0.15, 0.2) is 29.3 Å². The largest absolute Gasteiger partial charge is 0.504 e. The Hall–Kier alpha value is -2.64. The molecule has 3 saturated carbocycles. The van der Waals surface area contributed by atoms with Crippen molar-refractivity contribution in [2.24, 2.45) is 38.8 Å². The lowest BCUT2D eigenvalue weighted by molar-refractivity contribution is -0.152. The molecule has 12 nitrogen and oxygen atoms in total. The summed E-state index contributed by atoms with van der Waals surface area (Å²) >= 11 is 0. The highest BCUT2D eigenvalue weighted by molar-refractivity contribution is 8.76. The summed E-state index contributed by atoms with van der Waals surface area (Å²) in [6.45, 7) is 3.51. The maximum Gasteiger partial charge on any atom is 0.302 e. The number of guanidine groups is 1. The number of nitrogens with one attached hydrogen (secondary N) is 3. The van der Waals surface area contributed by atoms with Crippen LogP contribution in [0.5, 0.6) is 11.5 Å². The molecule has 3 aliphatic heterocycles. The molecule has 1 saturated heterocycles. The lowest BCUT2D eigenvalue weighted by Crippen LogP contribution is -2.66. The molecule has 66 heavy (non-hydrogen) atoms. The van der Waals surface area contributed by atoms with Gasteiger partial charge in [-0.05, 0) is 131 Å². The van der Waals surface area contributed by atoms with E-state index in [1.165, 1.54) is 71.1 Å². The number of hydrogen-bond donors (Lipinski definition) is 8. The molecule has 3 heterocycles. The van der Waals surface area contributed by atoms with Crippen LogP contribution in [0, 0.1) is 39.9 Å². The lowest BCUT2D eigenvalue weighted by Gasteiger charge is -2.58. The van der Waals surface area contributed by atoms with Crippen LogP contribution in [0.2, 0.25) is 0 Å². The Kier molecular flexibility index (Phi) is 14.9. The maximum atomic E-state index is 13.0. The lowest BCUT2D eigenvalue weighted by atomic mass is 9.53. The molecule has 8 aliphatic rings. The van der Waals surface area contributed by atoms with Gasteiger partial charge in [0, 0.05) is 61.7 Å². The van der Waals surface area contributed by atoms with Crippen molar-refractivity contribution >= 4 is 33.5 Å². The number of carbonyl (C=O) groups excluding carboxylic acids is 1. The summed E-state index contributed by atoms with van der Waals surface area (Å²) in [4.78, 5) is 18.4. The van der Waals surface area contributed by atoms with Gasteiger partial charge in [0.2, 0.25) is 0 Å². The van der Waals surface area contributed by atoms with Crippen molar-refractivity contribution in [3.05, 3.63) is 35.4 Å². The van der Waals surface area contributed by atoms with Crippen molar-refractivity contribution in [1.82, 2.24) is 16.0 Å². The van der Waals surface area contributed by atoms with Crippen LogP contribution in [0.3, 0.4) is 0 Å². The highest BCUT2D eigenvalue weighted by Gasteiger charge is 2.60. The van der Waals surface area contributed by atoms with Gasteiger partial charge in [-0.1, -0.05) is 77.7 Å². The summed E-state index contributed by atoms with van der Waals surface area (Å²) in [5.74, 6) is 9.06. The number of esters is 1. The SMILES string of the molecule is CC(=O)OC1CC(O)CCC23C#CC4CCCC5(CNCCSSCC6(CC7(CCCC7)CCC67CCCC7)NC(N)=NC2C=CCC3O)CC(CCN5)Oc2cc(c(CO)cc2O)CC41. The monoisotopic (exact) mass is 948 g/mol. The first-order chi connectivity index (χ1) is 31.9. The molecule has 0 radical (unpaired) electrons. The molecule has 0 aromatic heterocycles. The summed E-state index contributed by atoms with van der Waals surface area (Å²) in [7, 11) is 3.94. The standard InChI is InChI=1S/C52H77N5O7S2/c1-35(59)63-43-29-39(60)12-20-51-19-11-36-8-7-18-50(30-40(13-23-55-50)64-44-28-37(26-41(36)43)38(31-58)27-42(44)61)33-54-24-25-65-66-34-52(57-47(53)56-45(51)9-6-10-46(51)62)32-48(14-2-3-15-48)21-22-49(52)16-4-5-17-49/h6,9,27-28,36,39-41,43,45-46,54-55,58,60-62H,2-5,7-8,10,12-18,20-26,29-34H2,1H3,(H3,53,56,57). The number of benzene rings is 1. The number of carbonyl (C=O) groups is 1. The Morgan fingerprint density at radius 2 is 1.82 bits per heavy atom. The Morgan fingerprint density at radius 3 is 2.62 bits per heavy atom. The van der Waals surface area contributed by atoms with Crippen molar-refractivity contribution in [3.8, 4) is 23.3 Å². The average Bonchev–Trinajstić information content (AvgIpc) is 3.96. The number of hydrogen-bond acceptors (Lipinski definition) is 14. The summed E-state index contributed by atoms with van der Waals surface area (Å²) in [6.07, 6.45) is 20.7. The molecule has 1 aromatic carbocycles. The predicted octanol–water partition coefficient (Wildman–Crippen LogP) is 6.80. The fourth-order valence-corrected chi connectivity index (χ4v) is 16.9. The molecule has 5 spiro atoms. The van der Waals surface area contributed by atoms with Gasteiger partial charge < -0.3 is 51.6 Å². The molecule has 9 N–H and O–H groups in total. The van der Waals surface area contributed by atoms with E-state index in [9.17, 15) is 25.2 Å². The second-order valence-electron chi connectivity index (χ2n) is 21.9. The third-order valence-corrected chi connectivity index (χ3v) is 20.4. The number of fused-ring (bicyclic) bond motifs is 6. The normalized spacial score (nSPS) is 38.2. The highest BCUT2D eigenvalue weighted by atomic mass is 33.1. The number of aliphatic imine (C=N–C) groups is 1. The maximum absolute atomic E-state index is 13.0. The van der Waals surface area contributed by atoms with Crippen LogP contribution in [-0.4, -0.2) is 105 Å². The summed E-state index contributed by atoms with van der Waals surface area (Å²) < 4.78 is 12.9. The zero-order chi connectivity index (χ0) is 46.0. The third kappa shape index (κ3) is 10.0. The summed E-state index contributed by atoms with van der Waals surface area (Å²) in [5, 5.41) is 58.3. The second kappa shape index (κ2) is 20.4. The van der Waals surface area contributed by atoms with Gasteiger partial charge in [0.25, 0.3) is 0 Å². The molecule has 9 rings (SSSR count). The zero-order valence-electron chi connectivity index (χ0n) is 39.3. The minimum Gasteiger partial charge on any atom is -0.504 e. The zero-order valence-corrected chi connectivity index (χ0v) is 40.9. The van der Waals surface area contributed by atoms with Gasteiger partial charge in [0.05, 0.1) is 35.8 Å². The van der Waals surface area contributed by atoms with Crippen molar-refractivity contribution in [2.45, 2.75) is 190 Å². The van der Waals surface area contributed by atoms with Crippen LogP contribution < -0.4 is 26.4 Å². The molecule has 364 valence electrons. The van der Waals surface area contributed by atoms with Gasteiger partial charge in [0.15, 0.2) is 17.5 Å². The molecule has 5 aliphatic carbocycles. The van der Waals surface area contributed by atoms with E-state index < -0.39 is 41.7 Å². The number of nitrogens with zero attached hydrogens (tertiary/aromatic N) is 1. The van der Waals surface area contributed by atoms with E-state index in [0.717, 1.165) is 68.8 Å². The minimum atomic E-state index is -1.04. The molecule has 4 fully saturated rings. The number of aliphatic hydroxyl groups excluding tert-OH is 3. The van der Waals surface area contributed by atoms with Gasteiger partial charge in [-0.25, -0.2) is 4.99 Å². The number of aromatic hydroxyl groups is 1. The molecule has 1 aromatic rings. The van der Waals surface area contributed by atoms with Gasteiger partial charge in [-0.3, -0.25) is 4.79 Å². The molecule has 6 bridgehead atoms. The molecule has 10 unspecified atom stereocenters. The number of phenolic OH excluding ortho intramolecular Hbond substituents is 1. The van der Waals surface area contributed by atoms with Crippen LogP contribution in [0.4, 0.5) is 0 Å². The average molecular weight is 948 g/mol. The first-order valence-electron chi connectivity index (χ1n) is 25.5. The third-order valence-electron chi connectivity index (χ3n) is 17.9. The number of ether oxygens (including phenoxy) is 2. The first kappa shape index (κ1) is 48.4. The quantitative estimate of drug-likeness (QED) is 0.0670. The van der Waals surface area contributed by atoms with E-state index >= 15 is 0 Å². The van der Waals surface area contributed by atoms with Gasteiger partial charge >= 0.3 is 5.97 Å². The Morgan fingerprint density at radius 1 is 1.00 bits per heavy atom. The Balaban J connectivity index is 1.18. The fourth-order valence-electron chi connectivity index (χ4n) is 14.4. The van der Waals surface area contributed by atoms with E-state index in [2.05, 4.69) is 33.9 Å². The van der Waals surface area contributed by atoms with E-state index in [1.807, 2.05) is 33.7 Å². The van der Waals surface area contributed by atoms with Crippen molar-refractivity contribution in [2.75, 3.05) is 31.1 Å². The second-order valence-corrected chi connectivity index (χ2v) is 24.5. The van der Waals surface area contributed by atoms with Crippen LogP contribution in [0.1, 0.15) is 146 Å². The number of nitrogens with two attached hydrogens (primary N) is 1. The number of piperidine rings is 1. The van der Waals surface area contributed by atoms with Gasteiger partial charge in [0.1, 0.15) is 12.2 Å². The molecule has 14 heteroatoms. The topological polar surface area (TPSA) is 191 Å². The first-order valence-corrected chi connectivity index (χ1v) is 28.0. The predicted molar refractivity (Wildman–Crippen MR) is 263 cm³/mol. The highest BCUT2D eigenvalue weighted by Crippen LogP contribution is 2.63. The smallest absolute Gasteiger partial charge is 0.302 e. The number of rotatable bonds is 2. The van der Waals surface area contributed by atoms with Crippen LogP contribution in [0.25, 0.3) is 0 Å². The molecule has 0 amide bonds. The Labute approximate surface area is 401 Å². The molecular formula is C52H77N5O7S2. The van der Waals surface area contributed by atoms with E-state index in [0.29, 0.717) is 54.8 Å². The molecule has 10 atom stereocenters. The van der Waals surface area contributed by atoms with E-state index in [4.69, 9.17) is 20.2 Å². The summed E-state index contributed by atoms with van der Waals surface area (Å²) in [6, 6.07) is 2.89. The number of aliphatic hydroxyl groups is 3. The van der Waals surface area contributed by atoms with Crippen molar-refractivity contribution in [1.29, 1.82) is 0 Å². The molecular weight excluding hydrogens is 871 g/mol. The van der Waals surface area contributed by atoms with E-state index in [-0.39, 0.29) is 47.3 Å². The van der Waals surface area contributed by atoms with E-state index in [1.54, 1.807) is 6.07 Å².